The average Bonchev–Trinajstić information content (AvgIpc) is 2.74. The molecular formula is C14H11F3N2O5. The summed E-state index contributed by atoms with van der Waals surface area (Å²) in [6.45, 7) is -0.768. The molecule has 0 unspecified atom stereocenters. The summed E-state index contributed by atoms with van der Waals surface area (Å²) in [6, 6.07) is 1.89. The number of amides is 2. The molecule has 3 N–H and O–H groups in total. The van der Waals surface area contributed by atoms with Gasteiger partial charge >= 0.3 is 12.1 Å². The minimum Gasteiger partial charge on any atom is -0.478 e. The number of imide groups is 1. The highest BCUT2D eigenvalue weighted by molar-refractivity contribution is 6.17. The zero-order chi connectivity index (χ0) is 18.1. The number of rotatable bonds is 5. The molecule has 1 heterocycles. The van der Waals surface area contributed by atoms with E-state index in [2.05, 4.69) is 5.32 Å². The molecule has 0 saturated heterocycles. The molecule has 0 bridgehead atoms. The van der Waals surface area contributed by atoms with Crippen LogP contribution >= 0.6 is 0 Å². The highest BCUT2D eigenvalue weighted by atomic mass is 19.4. The number of hydrogen-bond donors (Lipinski definition) is 3. The predicted octanol–water partition coefficient (Wildman–Crippen LogP) is 1.06. The Morgan fingerprint density at radius 2 is 1.92 bits per heavy atom. The normalized spacial score (nSPS) is 14.8. The van der Waals surface area contributed by atoms with E-state index in [-0.39, 0.29) is 12.2 Å². The van der Waals surface area contributed by atoms with Crippen molar-refractivity contribution in [1.29, 1.82) is 0 Å². The van der Waals surface area contributed by atoms with E-state index in [0.29, 0.717) is 17.0 Å². The second-order valence-corrected chi connectivity index (χ2v) is 4.76. The third-order valence-corrected chi connectivity index (χ3v) is 3.18. The van der Waals surface area contributed by atoms with Crippen LogP contribution in [0.3, 0.4) is 0 Å². The Morgan fingerprint density at radius 3 is 2.46 bits per heavy atom. The van der Waals surface area contributed by atoms with E-state index < -0.39 is 47.4 Å². The SMILES string of the molecule is O=C(O)c1ccc(C(F)(F)F)cc1NC1=CC(=O)N(CCO)C1=O. The van der Waals surface area contributed by atoms with Gasteiger partial charge in [-0.15, -0.1) is 0 Å². The number of carbonyl (C=O) groups excluding carboxylic acids is 2. The lowest BCUT2D eigenvalue weighted by atomic mass is 10.1. The molecule has 1 aliphatic heterocycles. The van der Waals surface area contributed by atoms with E-state index in [1.165, 1.54) is 0 Å². The third-order valence-electron chi connectivity index (χ3n) is 3.18. The van der Waals surface area contributed by atoms with Gasteiger partial charge in [0.1, 0.15) is 5.70 Å². The van der Waals surface area contributed by atoms with E-state index in [1.54, 1.807) is 0 Å². The van der Waals surface area contributed by atoms with Crippen molar-refractivity contribution in [3.05, 3.63) is 41.1 Å². The van der Waals surface area contributed by atoms with E-state index in [9.17, 15) is 27.6 Å². The molecular weight excluding hydrogens is 333 g/mol. The summed E-state index contributed by atoms with van der Waals surface area (Å²) in [6.07, 6.45) is -3.88. The summed E-state index contributed by atoms with van der Waals surface area (Å²) in [5, 5.41) is 20.1. The van der Waals surface area contributed by atoms with Crippen LogP contribution in [0.25, 0.3) is 0 Å². The Kier molecular flexibility index (Phi) is 4.60. The maximum atomic E-state index is 12.8. The summed E-state index contributed by atoms with van der Waals surface area (Å²) in [7, 11) is 0. The first-order valence-corrected chi connectivity index (χ1v) is 6.55. The van der Waals surface area contributed by atoms with Gasteiger partial charge in [0.15, 0.2) is 0 Å². The number of carbonyl (C=O) groups is 3. The number of nitrogens with one attached hydrogen (secondary N) is 1. The van der Waals surface area contributed by atoms with Crippen molar-refractivity contribution < 1.29 is 37.8 Å². The van der Waals surface area contributed by atoms with Crippen molar-refractivity contribution in [3.8, 4) is 0 Å². The van der Waals surface area contributed by atoms with Crippen molar-refractivity contribution in [1.82, 2.24) is 4.90 Å². The van der Waals surface area contributed by atoms with Crippen LogP contribution < -0.4 is 5.32 Å². The molecule has 7 nitrogen and oxygen atoms in total. The number of carboxylic acids is 1. The zero-order valence-electron chi connectivity index (χ0n) is 11.9. The molecule has 2 amide bonds. The van der Waals surface area contributed by atoms with E-state index in [4.69, 9.17) is 10.2 Å². The predicted molar refractivity (Wildman–Crippen MR) is 73.9 cm³/mol. The second kappa shape index (κ2) is 6.32. The van der Waals surface area contributed by atoms with Gasteiger partial charge in [-0.3, -0.25) is 14.5 Å². The summed E-state index contributed by atoms with van der Waals surface area (Å²) < 4.78 is 38.3. The largest absolute Gasteiger partial charge is 0.478 e. The number of aliphatic hydroxyl groups excluding tert-OH is 1. The molecule has 0 spiro atoms. The molecule has 2 rings (SSSR count). The van der Waals surface area contributed by atoms with Crippen LogP contribution in [0.5, 0.6) is 0 Å². The average molecular weight is 344 g/mol. The first-order chi connectivity index (χ1) is 11.1. The smallest absolute Gasteiger partial charge is 0.416 e. The van der Waals surface area contributed by atoms with Crippen LogP contribution in [0.2, 0.25) is 0 Å². The van der Waals surface area contributed by atoms with Gasteiger partial charge < -0.3 is 15.5 Å². The molecule has 1 aliphatic rings. The number of halogens is 3. The Morgan fingerprint density at radius 1 is 1.25 bits per heavy atom. The Balaban J connectivity index is 2.38. The van der Waals surface area contributed by atoms with Gasteiger partial charge in [0, 0.05) is 6.08 Å². The third kappa shape index (κ3) is 3.38. The van der Waals surface area contributed by atoms with Gasteiger partial charge in [0.05, 0.1) is 30.0 Å². The van der Waals surface area contributed by atoms with E-state index >= 15 is 0 Å². The molecule has 1 aromatic carbocycles. The number of benzene rings is 1. The number of alkyl halides is 3. The van der Waals surface area contributed by atoms with Crippen LogP contribution in [0, 0.1) is 0 Å². The van der Waals surface area contributed by atoms with Crippen molar-refractivity contribution in [2.24, 2.45) is 0 Å². The van der Waals surface area contributed by atoms with Crippen LogP contribution in [0.1, 0.15) is 15.9 Å². The molecule has 24 heavy (non-hydrogen) atoms. The summed E-state index contributed by atoms with van der Waals surface area (Å²) >= 11 is 0. The van der Waals surface area contributed by atoms with Crippen molar-refractivity contribution in [2.45, 2.75) is 6.18 Å². The van der Waals surface area contributed by atoms with Gasteiger partial charge in [-0.25, -0.2) is 4.79 Å². The van der Waals surface area contributed by atoms with Gasteiger partial charge in [-0.1, -0.05) is 0 Å². The Bertz CT molecular complexity index is 742. The number of nitrogens with zero attached hydrogens (tertiary/aromatic N) is 1. The fourth-order valence-corrected chi connectivity index (χ4v) is 2.07. The molecule has 0 aromatic heterocycles. The number of anilines is 1. The number of carboxylic acid groups (broad SMARTS) is 1. The topological polar surface area (TPSA) is 107 Å². The minimum absolute atomic E-state index is 0.284. The van der Waals surface area contributed by atoms with Crippen LogP contribution in [0.4, 0.5) is 18.9 Å². The number of aliphatic hydroxyl groups is 1. The van der Waals surface area contributed by atoms with E-state index in [1.807, 2.05) is 0 Å². The first-order valence-electron chi connectivity index (χ1n) is 6.55. The van der Waals surface area contributed by atoms with Gasteiger partial charge in [0.25, 0.3) is 11.8 Å². The summed E-state index contributed by atoms with van der Waals surface area (Å²) in [4.78, 5) is 35.4. The van der Waals surface area contributed by atoms with Crippen molar-refractivity contribution in [3.63, 3.8) is 0 Å². The summed E-state index contributed by atoms with van der Waals surface area (Å²) in [5.41, 5.74) is -2.46. The fraction of sp³-hybridized carbons (Fsp3) is 0.214. The Labute approximate surface area is 133 Å². The molecule has 0 saturated carbocycles. The quantitative estimate of drug-likeness (QED) is 0.690. The molecule has 128 valence electrons. The molecule has 0 fully saturated rings. The van der Waals surface area contributed by atoms with Crippen LogP contribution in [0.15, 0.2) is 30.0 Å². The number of hydrogen-bond acceptors (Lipinski definition) is 5. The minimum atomic E-state index is -4.71. The lowest BCUT2D eigenvalue weighted by molar-refractivity contribution is -0.138. The standard InChI is InChI=1S/C14H11F3N2O5/c15-14(16,17)7-1-2-8(13(23)24)9(5-7)18-10-6-11(21)19(3-4-20)12(10)22/h1-2,5-6,18,20H,3-4H2,(H,23,24). The van der Waals surface area contributed by atoms with Crippen LogP contribution in [-0.2, 0) is 15.8 Å². The Hall–Kier alpha value is -2.88. The number of aromatic carboxylic acids is 1. The van der Waals surface area contributed by atoms with Crippen LogP contribution in [-0.4, -0.2) is 46.0 Å². The molecule has 0 aliphatic carbocycles. The molecule has 0 atom stereocenters. The van der Waals surface area contributed by atoms with Gasteiger partial charge in [0.2, 0.25) is 0 Å². The fourth-order valence-electron chi connectivity index (χ4n) is 2.07. The lowest BCUT2D eigenvalue weighted by Crippen LogP contribution is -2.34. The lowest BCUT2D eigenvalue weighted by Gasteiger charge is -2.15. The highest BCUT2D eigenvalue weighted by Crippen LogP contribution is 2.33. The zero-order valence-corrected chi connectivity index (χ0v) is 11.9. The maximum absolute atomic E-state index is 12.8. The second-order valence-electron chi connectivity index (χ2n) is 4.76. The van der Waals surface area contributed by atoms with Gasteiger partial charge in [-0.05, 0) is 18.2 Å². The van der Waals surface area contributed by atoms with E-state index in [0.717, 1.165) is 12.1 Å². The monoisotopic (exact) mass is 344 g/mol. The number of β-amino-alcohol motifs (C(OH)–C–C–N with tert-alkyl or cyclic N) is 1. The van der Waals surface area contributed by atoms with Crippen molar-refractivity contribution in [2.75, 3.05) is 18.5 Å². The maximum Gasteiger partial charge on any atom is 0.416 e. The first kappa shape index (κ1) is 17.5. The molecule has 0 radical (unpaired) electrons. The van der Waals surface area contributed by atoms with Gasteiger partial charge in [-0.2, -0.15) is 13.2 Å². The van der Waals surface area contributed by atoms with Crippen molar-refractivity contribution >= 4 is 23.5 Å². The summed E-state index contributed by atoms with van der Waals surface area (Å²) in [5.74, 6) is -3.14. The molecule has 1 aromatic rings. The molecule has 10 heteroatoms. The highest BCUT2D eigenvalue weighted by Gasteiger charge is 2.34.